The van der Waals surface area contributed by atoms with E-state index in [4.69, 9.17) is 9.47 Å². The van der Waals surface area contributed by atoms with Gasteiger partial charge in [-0.1, -0.05) is 30.3 Å². The van der Waals surface area contributed by atoms with Crippen LogP contribution in [0.15, 0.2) is 42.9 Å². The van der Waals surface area contributed by atoms with Crippen LogP contribution in [0.4, 0.5) is 0 Å². The molecule has 1 saturated carbocycles. The molecular weight excluding hydrogens is 320 g/mol. The second kappa shape index (κ2) is 7.09. The molecule has 6 heteroatoms. The van der Waals surface area contributed by atoms with Gasteiger partial charge in [0.15, 0.2) is 0 Å². The minimum Gasteiger partial charge on any atom is -0.466 e. The maximum Gasteiger partial charge on any atom is 0.357 e. The van der Waals surface area contributed by atoms with Gasteiger partial charge in [-0.2, -0.15) is 0 Å². The zero-order valence-electron chi connectivity index (χ0n) is 14.5. The highest BCUT2D eigenvalue weighted by Crippen LogP contribution is 2.35. The highest BCUT2D eigenvalue weighted by molar-refractivity contribution is 5.91. The normalized spacial score (nSPS) is 17.0. The Hall–Kier alpha value is -2.63. The van der Waals surface area contributed by atoms with Crippen LogP contribution in [0.5, 0.6) is 0 Å². The molecule has 6 nitrogen and oxygen atoms in total. The van der Waals surface area contributed by atoms with Crippen LogP contribution in [0, 0.1) is 0 Å². The van der Waals surface area contributed by atoms with Gasteiger partial charge < -0.3 is 14.0 Å². The Balaban J connectivity index is 1.84. The van der Waals surface area contributed by atoms with Crippen molar-refractivity contribution in [2.24, 2.45) is 0 Å². The molecule has 0 bridgehead atoms. The quantitative estimate of drug-likeness (QED) is 0.781. The second-order valence-corrected chi connectivity index (χ2v) is 6.36. The number of esters is 2. The Kier molecular flexibility index (Phi) is 4.88. The highest BCUT2D eigenvalue weighted by Gasteiger charge is 2.46. The third-order valence-corrected chi connectivity index (χ3v) is 4.83. The lowest BCUT2D eigenvalue weighted by Crippen LogP contribution is -2.42. The number of carbonyl (C=O) groups is 2. The molecule has 132 valence electrons. The van der Waals surface area contributed by atoms with E-state index in [0.29, 0.717) is 18.5 Å². The third kappa shape index (κ3) is 3.29. The molecule has 25 heavy (non-hydrogen) atoms. The molecule has 1 atom stereocenters. The van der Waals surface area contributed by atoms with E-state index in [1.165, 1.54) is 13.3 Å². The van der Waals surface area contributed by atoms with Crippen LogP contribution in [0.1, 0.15) is 54.7 Å². The Labute approximate surface area is 146 Å². The van der Waals surface area contributed by atoms with Gasteiger partial charge in [0, 0.05) is 0 Å². The minimum atomic E-state index is -1.17. The summed E-state index contributed by atoms with van der Waals surface area (Å²) in [5.41, 5.74) is 0.210. The van der Waals surface area contributed by atoms with Gasteiger partial charge >= 0.3 is 11.9 Å². The van der Waals surface area contributed by atoms with Gasteiger partial charge in [-0.25, -0.2) is 14.6 Å². The zero-order chi connectivity index (χ0) is 17.9. The number of hydrogen-bond donors (Lipinski definition) is 0. The lowest BCUT2D eigenvalue weighted by atomic mass is 10.0. The molecule has 3 rings (SSSR count). The van der Waals surface area contributed by atoms with E-state index >= 15 is 0 Å². The molecule has 0 aliphatic heterocycles. The molecule has 1 aliphatic carbocycles. The minimum absolute atomic E-state index is 0.0797. The lowest BCUT2D eigenvalue weighted by molar-refractivity contribution is -0.162. The van der Waals surface area contributed by atoms with Gasteiger partial charge in [0.25, 0.3) is 0 Å². The summed E-state index contributed by atoms with van der Waals surface area (Å²) in [6.07, 6.45) is 5.74. The Morgan fingerprint density at radius 1 is 1.20 bits per heavy atom. The van der Waals surface area contributed by atoms with Gasteiger partial charge in [0.1, 0.15) is 5.69 Å². The number of aromatic nitrogens is 2. The van der Waals surface area contributed by atoms with Crippen LogP contribution in [-0.4, -0.2) is 34.2 Å². The molecule has 1 aliphatic rings. The predicted molar refractivity (Wildman–Crippen MR) is 91.1 cm³/mol. The molecular formula is C19H22N2O4. The van der Waals surface area contributed by atoms with Crippen LogP contribution >= 0.6 is 0 Å². The van der Waals surface area contributed by atoms with Gasteiger partial charge in [0.05, 0.1) is 25.7 Å². The largest absolute Gasteiger partial charge is 0.466 e. The molecule has 1 aromatic carbocycles. The number of hydrogen-bond acceptors (Lipinski definition) is 5. The fraction of sp³-hybridized carbons (Fsp3) is 0.421. The summed E-state index contributed by atoms with van der Waals surface area (Å²) in [6.45, 7) is 1.99. The van der Waals surface area contributed by atoms with Crippen molar-refractivity contribution in [2.75, 3.05) is 7.11 Å². The summed E-state index contributed by atoms with van der Waals surface area (Å²) in [4.78, 5) is 29.0. The SMILES string of the molecule is COC(=O)C1(OC(=O)c2cncn2[C@H](C)c2ccccc2)CCCC1. The van der Waals surface area contributed by atoms with E-state index in [-0.39, 0.29) is 6.04 Å². The monoisotopic (exact) mass is 342 g/mol. The van der Waals surface area contributed by atoms with E-state index < -0.39 is 17.5 Å². The van der Waals surface area contributed by atoms with E-state index in [1.807, 2.05) is 37.3 Å². The van der Waals surface area contributed by atoms with Crippen LogP contribution in [-0.2, 0) is 14.3 Å². The summed E-state index contributed by atoms with van der Waals surface area (Å²) < 4.78 is 12.3. The first kappa shape index (κ1) is 17.2. The average Bonchev–Trinajstić information content (AvgIpc) is 3.31. The van der Waals surface area contributed by atoms with E-state index in [0.717, 1.165) is 18.4 Å². The number of imidazole rings is 1. The molecule has 1 heterocycles. The maximum absolute atomic E-state index is 12.8. The lowest BCUT2D eigenvalue weighted by Gasteiger charge is -2.26. The van der Waals surface area contributed by atoms with Gasteiger partial charge in [0.2, 0.25) is 5.60 Å². The number of benzene rings is 1. The molecule has 0 saturated heterocycles. The number of carbonyl (C=O) groups excluding carboxylic acids is 2. The molecule has 0 N–H and O–H groups in total. The van der Waals surface area contributed by atoms with Crippen molar-refractivity contribution >= 4 is 11.9 Å². The maximum atomic E-state index is 12.8. The molecule has 0 amide bonds. The summed E-state index contributed by atoms with van der Waals surface area (Å²) in [6, 6.07) is 9.75. The Morgan fingerprint density at radius 3 is 2.52 bits per heavy atom. The van der Waals surface area contributed by atoms with Crippen LogP contribution in [0.25, 0.3) is 0 Å². The topological polar surface area (TPSA) is 70.4 Å². The first-order chi connectivity index (χ1) is 12.1. The van der Waals surface area contributed by atoms with Crippen molar-refractivity contribution in [3.05, 3.63) is 54.1 Å². The molecule has 1 fully saturated rings. The number of rotatable bonds is 5. The van der Waals surface area contributed by atoms with E-state index in [1.54, 1.807) is 10.9 Å². The molecule has 1 aromatic heterocycles. The summed E-state index contributed by atoms with van der Waals surface area (Å²) in [5, 5.41) is 0. The third-order valence-electron chi connectivity index (χ3n) is 4.83. The van der Waals surface area contributed by atoms with Gasteiger partial charge in [-0.05, 0) is 38.2 Å². The van der Waals surface area contributed by atoms with Gasteiger partial charge in [-0.15, -0.1) is 0 Å². The van der Waals surface area contributed by atoms with Crippen molar-refractivity contribution in [3.63, 3.8) is 0 Å². The number of methoxy groups -OCH3 is 1. The summed E-state index contributed by atoms with van der Waals surface area (Å²) in [5.74, 6) is -1.03. The summed E-state index contributed by atoms with van der Waals surface area (Å²) in [7, 11) is 1.32. The van der Waals surface area contributed by atoms with Crippen LogP contribution in [0.3, 0.4) is 0 Å². The first-order valence-corrected chi connectivity index (χ1v) is 8.46. The molecule has 0 spiro atoms. The Morgan fingerprint density at radius 2 is 1.88 bits per heavy atom. The van der Waals surface area contributed by atoms with E-state index in [9.17, 15) is 9.59 Å². The van der Waals surface area contributed by atoms with Crippen LogP contribution in [0.2, 0.25) is 0 Å². The van der Waals surface area contributed by atoms with Crippen molar-refractivity contribution in [1.29, 1.82) is 0 Å². The van der Waals surface area contributed by atoms with Crippen molar-refractivity contribution < 1.29 is 19.1 Å². The first-order valence-electron chi connectivity index (χ1n) is 8.46. The Bertz CT molecular complexity index is 748. The fourth-order valence-corrected chi connectivity index (χ4v) is 3.37. The van der Waals surface area contributed by atoms with E-state index in [2.05, 4.69) is 4.98 Å². The summed E-state index contributed by atoms with van der Waals surface area (Å²) >= 11 is 0. The fourth-order valence-electron chi connectivity index (χ4n) is 3.37. The van der Waals surface area contributed by atoms with Crippen molar-refractivity contribution in [2.45, 2.75) is 44.2 Å². The standard InChI is InChI=1S/C19H22N2O4/c1-14(15-8-4-3-5-9-15)21-13-20-12-16(21)17(22)25-19(18(23)24-2)10-6-7-11-19/h3-5,8-9,12-14H,6-7,10-11H2,1-2H3/t14-/m1/s1. The smallest absolute Gasteiger partial charge is 0.357 e. The number of nitrogens with zero attached hydrogens (tertiary/aromatic N) is 2. The highest BCUT2D eigenvalue weighted by atomic mass is 16.6. The molecule has 0 unspecified atom stereocenters. The number of ether oxygens (including phenoxy) is 2. The molecule has 0 radical (unpaired) electrons. The van der Waals surface area contributed by atoms with Crippen molar-refractivity contribution in [3.8, 4) is 0 Å². The average molecular weight is 342 g/mol. The second-order valence-electron chi connectivity index (χ2n) is 6.36. The molecule has 2 aromatic rings. The van der Waals surface area contributed by atoms with Crippen LogP contribution < -0.4 is 0 Å². The zero-order valence-corrected chi connectivity index (χ0v) is 14.5. The van der Waals surface area contributed by atoms with Crippen molar-refractivity contribution in [1.82, 2.24) is 9.55 Å². The predicted octanol–water partition coefficient (Wildman–Crippen LogP) is 3.14. The van der Waals surface area contributed by atoms with Gasteiger partial charge in [-0.3, -0.25) is 0 Å².